The van der Waals surface area contributed by atoms with Gasteiger partial charge in [-0.25, -0.2) is 9.79 Å². The molecule has 0 saturated carbocycles. The Bertz CT molecular complexity index is 971. The van der Waals surface area contributed by atoms with Crippen LogP contribution in [0.5, 0.6) is 11.5 Å². The van der Waals surface area contributed by atoms with Gasteiger partial charge in [-0.05, 0) is 47.4 Å². The number of hydrogen-bond donors (Lipinski definition) is 0. The zero-order chi connectivity index (χ0) is 20.3. The number of rotatable bonds is 5. The molecule has 0 N–H and O–H groups in total. The van der Waals surface area contributed by atoms with Crippen molar-refractivity contribution in [3.63, 3.8) is 0 Å². The summed E-state index contributed by atoms with van der Waals surface area (Å²) in [5.41, 5.74) is 2.79. The minimum Gasteiger partial charge on any atom is -0.493 e. The van der Waals surface area contributed by atoms with Crippen LogP contribution in [0, 0.1) is 0 Å². The number of cyclic esters (lactones) is 1. The van der Waals surface area contributed by atoms with Gasteiger partial charge in [0.25, 0.3) is 0 Å². The van der Waals surface area contributed by atoms with Gasteiger partial charge in [0.2, 0.25) is 5.90 Å². The van der Waals surface area contributed by atoms with Crippen molar-refractivity contribution in [1.82, 2.24) is 0 Å². The van der Waals surface area contributed by atoms with Crippen molar-refractivity contribution in [2.45, 2.75) is 26.7 Å². The first-order chi connectivity index (χ1) is 13.4. The molecule has 2 aromatic carbocycles. The third-order valence-corrected chi connectivity index (χ3v) is 4.19. The Labute approximate surface area is 163 Å². The molecule has 0 bridgehead atoms. The largest absolute Gasteiger partial charge is 0.493 e. The molecular weight excluding hydrogens is 358 g/mol. The summed E-state index contributed by atoms with van der Waals surface area (Å²) in [5, 5.41) is 0. The maximum atomic E-state index is 12.2. The van der Waals surface area contributed by atoms with Gasteiger partial charge in [-0.3, -0.25) is 4.79 Å². The molecule has 28 heavy (non-hydrogen) atoms. The predicted molar refractivity (Wildman–Crippen MR) is 105 cm³/mol. The van der Waals surface area contributed by atoms with Crippen LogP contribution in [0.2, 0.25) is 0 Å². The molecular formula is C22H21NO5. The van der Waals surface area contributed by atoms with Crippen molar-refractivity contribution in [2.75, 3.05) is 7.11 Å². The third-order valence-electron chi connectivity index (χ3n) is 4.19. The molecule has 0 aromatic heterocycles. The van der Waals surface area contributed by atoms with E-state index in [1.54, 1.807) is 24.3 Å². The van der Waals surface area contributed by atoms with E-state index in [0.717, 1.165) is 5.56 Å². The molecule has 1 aliphatic rings. The number of aliphatic imine (C=N–C) groups is 1. The van der Waals surface area contributed by atoms with E-state index in [-0.39, 0.29) is 11.6 Å². The van der Waals surface area contributed by atoms with Crippen molar-refractivity contribution in [3.8, 4) is 11.5 Å². The van der Waals surface area contributed by atoms with Gasteiger partial charge in [-0.1, -0.05) is 32.0 Å². The highest BCUT2D eigenvalue weighted by molar-refractivity contribution is 6.12. The highest BCUT2D eigenvalue weighted by Gasteiger charge is 2.24. The maximum absolute atomic E-state index is 12.2. The van der Waals surface area contributed by atoms with Gasteiger partial charge in [0.15, 0.2) is 17.2 Å². The SMILES string of the molecule is COc1cc(/C=C2\N=C(c3ccc(C(C)C)cc3)OC2=O)ccc1OC(C)=O. The van der Waals surface area contributed by atoms with Crippen LogP contribution in [-0.2, 0) is 14.3 Å². The Balaban J connectivity index is 1.87. The number of ether oxygens (including phenoxy) is 3. The molecule has 6 heteroatoms. The molecule has 0 aliphatic carbocycles. The van der Waals surface area contributed by atoms with E-state index < -0.39 is 11.9 Å². The second kappa shape index (κ2) is 8.08. The van der Waals surface area contributed by atoms with Crippen molar-refractivity contribution in [1.29, 1.82) is 0 Å². The first-order valence-corrected chi connectivity index (χ1v) is 8.86. The Morgan fingerprint density at radius 2 is 1.82 bits per heavy atom. The molecule has 0 saturated heterocycles. The lowest BCUT2D eigenvalue weighted by molar-refractivity contribution is -0.132. The predicted octanol–water partition coefficient (Wildman–Crippen LogP) is 4.09. The van der Waals surface area contributed by atoms with Crippen LogP contribution in [0.25, 0.3) is 6.08 Å². The number of esters is 2. The first kappa shape index (κ1) is 19.4. The quantitative estimate of drug-likeness (QED) is 0.444. The standard InChI is InChI=1S/C22H21NO5/c1-13(2)16-6-8-17(9-7-16)21-23-18(22(25)28-21)11-15-5-10-19(27-14(3)24)20(12-15)26-4/h5-13H,1-4H3/b18-11-. The molecule has 1 aliphatic heterocycles. The topological polar surface area (TPSA) is 74.2 Å². The Kier molecular flexibility index (Phi) is 5.59. The summed E-state index contributed by atoms with van der Waals surface area (Å²) in [6.07, 6.45) is 1.60. The molecule has 0 atom stereocenters. The average molecular weight is 379 g/mol. The van der Waals surface area contributed by atoms with Gasteiger partial charge in [0.05, 0.1) is 7.11 Å². The normalized spacial score (nSPS) is 14.8. The van der Waals surface area contributed by atoms with E-state index in [1.807, 2.05) is 24.3 Å². The van der Waals surface area contributed by atoms with Crippen LogP contribution < -0.4 is 9.47 Å². The van der Waals surface area contributed by atoms with E-state index in [2.05, 4.69) is 18.8 Å². The van der Waals surface area contributed by atoms with Crippen LogP contribution in [-0.4, -0.2) is 24.9 Å². The summed E-state index contributed by atoms with van der Waals surface area (Å²) in [4.78, 5) is 27.7. The first-order valence-electron chi connectivity index (χ1n) is 8.86. The maximum Gasteiger partial charge on any atom is 0.363 e. The summed E-state index contributed by atoms with van der Waals surface area (Å²) in [7, 11) is 1.47. The fourth-order valence-corrected chi connectivity index (χ4v) is 2.71. The van der Waals surface area contributed by atoms with Crippen LogP contribution in [0.15, 0.2) is 53.2 Å². The van der Waals surface area contributed by atoms with Crippen LogP contribution in [0.3, 0.4) is 0 Å². The zero-order valence-corrected chi connectivity index (χ0v) is 16.2. The van der Waals surface area contributed by atoms with Gasteiger partial charge >= 0.3 is 11.9 Å². The zero-order valence-electron chi connectivity index (χ0n) is 16.2. The molecule has 1 heterocycles. The van der Waals surface area contributed by atoms with E-state index in [0.29, 0.717) is 23.0 Å². The smallest absolute Gasteiger partial charge is 0.363 e. The summed E-state index contributed by atoms with van der Waals surface area (Å²) < 4.78 is 15.6. The molecule has 0 radical (unpaired) electrons. The number of carbonyl (C=O) groups excluding carboxylic acids is 2. The number of carbonyl (C=O) groups is 2. The molecule has 3 rings (SSSR count). The van der Waals surface area contributed by atoms with Gasteiger partial charge in [-0.2, -0.15) is 0 Å². The molecule has 0 unspecified atom stereocenters. The van der Waals surface area contributed by atoms with Crippen molar-refractivity contribution in [3.05, 3.63) is 64.9 Å². The fourth-order valence-electron chi connectivity index (χ4n) is 2.71. The molecule has 0 amide bonds. The molecule has 0 spiro atoms. The molecule has 6 nitrogen and oxygen atoms in total. The van der Waals surface area contributed by atoms with Crippen molar-refractivity contribution < 1.29 is 23.8 Å². The number of hydrogen-bond acceptors (Lipinski definition) is 6. The van der Waals surface area contributed by atoms with Crippen LogP contribution >= 0.6 is 0 Å². The third kappa shape index (κ3) is 4.28. The lowest BCUT2D eigenvalue weighted by atomic mass is 10.0. The lowest BCUT2D eigenvalue weighted by Crippen LogP contribution is -2.05. The highest BCUT2D eigenvalue weighted by Crippen LogP contribution is 2.30. The number of nitrogens with zero attached hydrogens (tertiary/aromatic N) is 1. The van der Waals surface area contributed by atoms with Gasteiger partial charge in [0, 0.05) is 12.5 Å². The summed E-state index contributed by atoms with van der Waals surface area (Å²) in [6.45, 7) is 5.54. The van der Waals surface area contributed by atoms with Crippen LogP contribution in [0.4, 0.5) is 0 Å². The molecule has 144 valence electrons. The minimum absolute atomic E-state index is 0.185. The van der Waals surface area contributed by atoms with Gasteiger partial charge in [-0.15, -0.1) is 0 Å². The van der Waals surface area contributed by atoms with E-state index in [1.165, 1.54) is 19.6 Å². The summed E-state index contributed by atoms with van der Waals surface area (Å²) in [5.74, 6) is 0.412. The summed E-state index contributed by atoms with van der Waals surface area (Å²) in [6, 6.07) is 12.7. The van der Waals surface area contributed by atoms with Crippen molar-refractivity contribution >= 4 is 23.9 Å². The number of benzene rings is 2. The average Bonchev–Trinajstić information content (AvgIpc) is 3.03. The van der Waals surface area contributed by atoms with Crippen molar-refractivity contribution in [2.24, 2.45) is 4.99 Å². The van der Waals surface area contributed by atoms with E-state index >= 15 is 0 Å². The highest BCUT2D eigenvalue weighted by atomic mass is 16.6. The van der Waals surface area contributed by atoms with Gasteiger partial charge < -0.3 is 14.2 Å². The fraction of sp³-hybridized carbons (Fsp3) is 0.227. The van der Waals surface area contributed by atoms with Gasteiger partial charge in [0.1, 0.15) is 0 Å². The lowest BCUT2D eigenvalue weighted by Gasteiger charge is -2.08. The summed E-state index contributed by atoms with van der Waals surface area (Å²) >= 11 is 0. The Morgan fingerprint density at radius 1 is 1.11 bits per heavy atom. The van der Waals surface area contributed by atoms with E-state index in [4.69, 9.17) is 14.2 Å². The molecule has 2 aromatic rings. The minimum atomic E-state index is -0.522. The molecule has 0 fully saturated rings. The van der Waals surface area contributed by atoms with Crippen LogP contribution in [0.1, 0.15) is 43.4 Å². The monoisotopic (exact) mass is 379 g/mol. The Hall–Kier alpha value is -3.41. The second-order valence-corrected chi connectivity index (χ2v) is 6.62. The number of methoxy groups -OCH3 is 1. The second-order valence-electron chi connectivity index (χ2n) is 6.62. The Morgan fingerprint density at radius 3 is 2.43 bits per heavy atom. The van der Waals surface area contributed by atoms with E-state index in [9.17, 15) is 9.59 Å².